The molecule has 0 aromatic heterocycles. The van der Waals surface area contributed by atoms with Crippen molar-refractivity contribution in [3.63, 3.8) is 0 Å². The number of amides is 1. The Morgan fingerprint density at radius 2 is 1.84 bits per heavy atom. The Kier molecular flexibility index (Phi) is 7.69. The van der Waals surface area contributed by atoms with E-state index in [0.29, 0.717) is 52.2 Å². The fourth-order valence-corrected chi connectivity index (χ4v) is 5.42. The molecule has 168 valence electrons. The summed E-state index contributed by atoms with van der Waals surface area (Å²) in [4.78, 5) is 12.8. The monoisotopic (exact) mass is 486 g/mol. The zero-order valence-corrected chi connectivity index (χ0v) is 19.6. The van der Waals surface area contributed by atoms with E-state index in [1.54, 1.807) is 36.4 Å². The molecule has 1 fully saturated rings. The van der Waals surface area contributed by atoms with Crippen molar-refractivity contribution < 1.29 is 22.7 Å². The van der Waals surface area contributed by atoms with E-state index in [0.717, 1.165) is 0 Å². The number of nitrogens with zero attached hydrogens (tertiary/aromatic N) is 1. The summed E-state index contributed by atoms with van der Waals surface area (Å²) in [6.07, 6.45) is 1.21. The molecule has 0 radical (unpaired) electrons. The van der Waals surface area contributed by atoms with Gasteiger partial charge in [0.1, 0.15) is 0 Å². The summed E-state index contributed by atoms with van der Waals surface area (Å²) >= 11 is 11.9. The van der Waals surface area contributed by atoms with Crippen molar-refractivity contribution in [3.8, 4) is 11.5 Å². The first kappa shape index (κ1) is 23.7. The second kappa shape index (κ2) is 10.1. The normalized spacial score (nSPS) is 17.2. The largest absolute Gasteiger partial charge is 0.493 e. The summed E-state index contributed by atoms with van der Waals surface area (Å²) in [5, 5.41) is 3.52. The lowest BCUT2D eigenvalue weighted by Crippen LogP contribution is -2.44. The molecular weight excluding hydrogens is 463 g/mol. The molecule has 0 spiro atoms. The maximum Gasteiger partial charge on any atom is 0.228 e. The number of nitrogens with one attached hydrogen (secondary N) is 1. The number of rotatable bonds is 7. The smallest absolute Gasteiger partial charge is 0.228 e. The third-order valence-corrected chi connectivity index (χ3v) is 7.69. The number of sulfonamides is 1. The summed E-state index contributed by atoms with van der Waals surface area (Å²) in [5.74, 6) is 0.160. The van der Waals surface area contributed by atoms with Crippen molar-refractivity contribution in [1.29, 1.82) is 0 Å². The van der Waals surface area contributed by atoms with E-state index in [2.05, 4.69) is 5.32 Å². The van der Waals surface area contributed by atoms with Gasteiger partial charge >= 0.3 is 0 Å². The minimum Gasteiger partial charge on any atom is -0.493 e. The molecule has 31 heavy (non-hydrogen) atoms. The number of hydrogen-bond donors (Lipinski definition) is 1. The zero-order valence-electron chi connectivity index (χ0n) is 17.2. The van der Waals surface area contributed by atoms with Crippen LogP contribution in [0.15, 0.2) is 36.4 Å². The van der Waals surface area contributed by atoms with Crippen molar-refractivity contribution in [2.75, 3.05) is 32.6 Å². The average molecular weight is 487 g/mol. The number of ether oxygens (including phenoxy) is 2. The van der Waals surface area contributed by atoms with E-state index in [1.165, 1.54) is 18.5 Å². The van der Waals surface area contributed by atoms with Crippen LogP contribution in [-0.4, -0.2) is 45.9 Å². The molecule has 2 aromatic rings. The van der Waals surface area contributed by atoms with E-state index in [9.17, 15) is 13.2 Å². The molecule has 1 aliphatic rings. The summed E-state index contributed by atoms with van der Waals surface area (Å²) in [6, 6.07) is 9.83. The van der Waals surface area contributed by atoms with Crippen LogP contribution in [0.25, 0.3) is 0 Å². The third kappa shape index (κ3) is 5.83. The van der Waals surface area contributed by atoms with E-state index in [-0.39, 0.29) is 18.2 Å². The van der Waals surface area contributed by atoms with Crippen molar-refractivity contribution in [1.82, 2.24) is 4.31 Å². The van der Waals surface area contributed by atoms with E-state index in [4.69, 9.17) is 32.7 Å². The number of piperidine rings is 1. The lowest BCUT2D eigenvalue weighted by molar-refractivity contribution is -0.120. The van der Waals surface area contributed by atoms with Gasteiger partial charge in [-0.15, -0.1) is 0 Å². The van der Waals surface area contributed by atoms with Gasteiger partial charge in [-0.1, -0.05) is 29.3 Å². The molecule has 1 atom stereocenters. The predicted octanol–water partition coefficient (Wildman–Crippen LogP) is 4.19. The van der Waals surface area contributed by atoms with E-state index in [1.807, 2.05) is 0 Å². The molecule has 1 N–H and O–H groups in total. The first-order valence-electron chi connectivity index (χ1n) is 9.68. The van der Waals surface area contributed by atoms with E-state index >= 15 is 0 Å². The Morgan fingerprint density at radius 1 is 1.10 bits per heavy atom. The predicted molar refractivity (Wildman–Crippen MR) is 122 cm³/mol. The zero-order chi connectivity index (χ0) is 22.6. The topological polar surface area (TPSA) is 84.9 Å². The Labute approximate surface area is 192 Å². The first-order chi connectivity index (χ1) is 14.7. The quantitative estimate of drug-likeness (QED) is 0.633. The highest BCUT2D eigenvalue weighted by Crippen LogP contribution is 2.31. The van der Waals surface area contributed by atoms with Crippen LogP contribution in [0.2, 0.25) is 10.0 Å². The van der Waals surface area contributed by atoms with Gasteiger partial charge in [0.25, 0.3) is 0 Å². The molecule has 1 unspecified atom stereocenters. The van der Waals surface area contributed by atoms with Crippen LogP contribution in [0.3, 0.4) is 0 Å². The molecule has 1 amide bonds. The Morgan fingerprint density at radius 3 is 2.52 bits per heavy atom. The van der Waals surface area contributed by atoms with Crippen LogP contribution in [0.1, 0.15) is 18.4 Å². The lowest BCUT2D eigenvalue weighted by atomic mass is 9.98. The van der Waals surface area contributed by atoms with Gasteiger partial charge in [0, 0.05) is 24.8 Å². The molecule has 0 saturated carbocycles. The molecule has 1 heterocycles. The molecule has 7 nitrogen and oxygen atoms in total. The molecule has 0 aliphatic carbocycles. The molecule has 1 saturated heterocycles. The van der Waals surface area contributed by atoms with Crippen LogP contribution < -0.4 is 14.8 Å². The Balaban J connectivity index is 1.67. The molecule has 10 heteroatoms. The van der Waals surface area contributed by atoms with Crippen molar-refractivity contribution in [2.45, 2.75) is 18.6 Å². The Bertz CT molecular complexity index is 1060. The number of halogens is 2. The highest BCUT2D eigenvalue weighted by molar-refractivity contribution is 7.88. The number of hydrogen-bond acceptors (Lipinski definition) is 5. The number of carbonyl (C=O) groups is 1. The highest BCUT2D eigenvalue weighted by Gasteiger charge is 2.32. The maximum absolute atomic E-state index is 12.9. The summed E-state index contributed by atoms with van der Waals surface area (Å²) in [6.45, 7) is 0.507. The van der Waals surface area contributed by atoms with Crippen LogP contribution in [0, 0.1) is 5.92 Å². The number of carbonyl (C=O) groups excluding carboxylic acids is 1. The van der Waals surface area contributed by atoms with Gasteiger partial charge in [0.2, 0.25) is 15.9 Å². The van der Waals surface area contributed by atoms with Gasteiger partial charge in [-0.2, -0.15) is 0 Å². The highest BCUT2D eigenvalue weighted by atomic mass is 35.5. The molecular formula is C21H24Cl2N2O5S. The van der Waals surface area contributed by atoms with E-state index < -0.39 is 15.9 Å². The minimum absolute atomic E-state index is 0.128. The summed E-state index contributed by atoms with van der Waals surface area (Å²) in [7, 11) is -0.562. The van der Waals surface area contributed by atoms with Crippen molar-refractivity contribution in [2.24, 2.45) is 5.92 Å². The molecule has 1 aliphatic heterocycles. The van der Waals surface area contributed by atoms with Crippen molar-refractivity contribution in [3.05, 3.63) is 52.0 Å². The third-order valence-electron chi connectivity index (χ3n) is 5.13. The van der Waals surface area contributed by atoms with Gasteiger partial charge in [-0.3, -0.25) is 4.79 Å². The van der Waals surface area contributed by atoms with Gasteiger partial charge in [-0.25, -0.2) is 12.7 Å². The summed E-state index contributed by atoms with van der Waals surface area (Å²) < 4.78 is 37.7. The fourth-order valence-electron chi connectivity index (χ4n) is 3.50. The van der Waals surface area contributed by atoms with Gasteiger partial charge < -0.3 is 14.8 Å². The second-order valence-corrected chi connectivity index (χ2v) is 10.0. The van der Waals surface area contributed by atoms with Crippen LogP contribution in [0.5, 0.6) is 11.5 Å². The van der Waals surface area contributed by atoms with Gasteiger partial charge in [0.05, 0.1) is 35.9 Å². The average Bonchev–Trinajstić information content (AvgIpc) is 2.76. The second-order valence-electron chi connectivity index (χ2n) is 7.26. The summed E-state index contributed by atoms with van der Waals surface area (Å²) in [5.41, 5.74) is 1.10. The standard InChI is InChI=1S/C21H24Cl2N2O5S/c1-29-19-8-6-16(11-20(19)30-2)24-21(26)15-4-3-9-25(12-15)31(27,28)13-14-5-7-17(22)18(23)10-14/h5-8,10-11,15H,3-4,9,12-13H2,1-2H3,(H,24,26). The number of benzene rings is 2. The number of anilines is 1. The van der Waals surface area contributed by atoms with Gasteiger partial charge in [0.15, 0.2) is 11.5 Å². The first-order valence-corrected chi connectivity index (χ1v) is 12.0. The number of methoxy groups -OCH3 is 2. The molecule has 0 bridgehead atoms. The van der Waals surface area contributed by atoms with Crippen LogP contribution in [-0.2, 0) is 20.6 Å². The van der Waals surface area contributed by atoms with Crippen LogP contribution >= 0.6 is 23.2 Å². The fraction of sp³-hybridized carbons (Fsp3) is 0.381. The van der Waals surface area contributed by atoms with Crippen molar-refractivity contribution >= 4 is 44.8 Å². The molecule has 3 rings (SSSR count). The SMILES string of the molecule is COc1ccc(NC(=O)C2CCCN(S(=O)(=O)Cc3ccc(Cl)c(Cl)c3)C2)cc1OC. The maximum atomic E-state index is 12.9. The molecule has 2 aromatic carbocycles. The Hall–Kier alpha value is -2.00. The lowest BCUT2D eigenvalue weighted by Gasteiger charge is -2.31. The minimum atomic E-state index is -3.61. The van der Waals surface area contributed by atoms with Crippen LogP contribution in [0.4, 0.5) is 5.69 Å². The van der Waals surface area contributed by atoms with Gasteiger partial charge in [-0.05, 0) is 42.7 Å².